The van der Waals surface area contributed by atoms with Crippen LogP contribution < -0.4 is 20.8 Å². The number of pyridine rings is 1. The second-order valence-electron chi connectivity index (χ2n) is 5.29. The van der Waals surface area contributed by atoms with Gasteiger partial charge < -0.3 is 30.4 Å². The Kier molecular flexibility index (Phi) is 6.52. The first-order chi connectivity index (χ1) is 13.1. The Bertz CT molecular complexity index is 1050. The molecule has 0 unspecified atom stereocenters. The van der Waals surface area contributed by atoms with Crippen molar-refractivity contribution >= 4 is 49.6 Å². The predicted octanol–water partition coefficient (Wildman–Crippen LogP) is 3.12. The van der Waals surface area contributed by atoms with E-state index in [-0.39, 0.29) is 33.7 Å². The molecule has 0 aliphatic carbocycles. The van der Waals surface area contributed by atoms with Gasteiger partial charge in [0, 0.05) is 15.6 Å². The molecule has 0 spiro atoms. The molecule has 1 aromatic heterocycles. The summed E-state index contributed by atoms with van der Waals surface area (Å²) in [6.07, 6.45) is 1.51. The molecule has 0 atom stereocenters. The monoisotopic (exact) mass is 516 g/mol. The molecule has 2 aromatic rings. The van der Waals surface area contributed by atoms with Gasteiger partial charge in [-0.3, -0.25) is 4.79 Å². The molecule has 9 nitrogen and oxygen atoms in total. The van der Waals surface area contributed by atoms with Gasteiger partial charge in [-0.25, -0.2) is 9.59 Å². The van der Waals surface area contributed by atoms with E-state index in [1.807, 2.05) is 4.98 Å². The SMILES string of the molecule is C=CCOc1c(OC)cc(-c2c(C(=O)O)c(N)[nH]c(=O)c2C(=O)O)c(Br)c1Br. The molecule has 0 aliphatic rings. The molecule has 28 heavy (non-hydrogen) atoms. The van der Waals surface area contributed by atoms with E-state index in [0.29, 0.717) is 4.47 Å². The summed E-state index contributed by atoms with van der Waals surface area (Å²) >= 11 is 6.60. The van der Waals surface area contributed by atoms with Gasteiger partial charge in [0.1, 0.15) is 23.6 Å². The number of carboxylic acid groups (broad SMARTS) is 2. The standard InChI is InChI=1S/C17H14Br2N2O7/c1-3-4-28-13-7(27-2)5-6(11(18)12(13)19)8-9(16(23)24)14(20)21-15(22)10(8)17(25)26/h3,5H,1,4H2,2H3,(H,23,24)(H,25,26)(H3,20,21,22). The Balaban J connectivity index is 3.01. The molecular weight excluding hydrogens is 504 g/mol. The number of nitrogen functional groups attached to an aromatic ring is 1. The predicted molar refractivity (Wildman–Crippen MR) is 108 cm³/mol. The Morgan fingerprint density at radius 2 is 1.86 bits per heavy atom. The molecule has 1 aromatic carbocycles. The zero-order valence-corrected chi connectivity index (χ0v) is 17.5. The van der Waals surface area contributed by atoms with Gasteiger partial charge in [0.05, 0.1) is 11.6 Å². The number of nitrogens with two attached hydrogens (primary N) is 1. The van der Waals surface area contributed by atoms with E-state index in [4.69, 9.17) is 15.2 Å². The minimum Gasteiger partial charge on any atom is -0.493 e. The van der Waals surface area contributed by atoms with Crippen LogP contribution in [-0.4, -0.2) is 40.9 Å². The van der Waals surface area contributed by atoms with Crippen molar-refractivity contribution in [3.8, 4) is 22.6 Å². The molecule has 0 aliphatic heterocycles. The number of ether oxygens (including phenoxy) is 2. The zero-order valence-electron chi connectivity index (χ0n) is 14.3. The topological polar surface area (TPSA) is 152 Å². The van der Waals surface area contributed by atoms with E-state index in [0.717, 1.165) is 0 Å². The lowest BCUT2D eigenvalue weighted by Crippen LogP contribution is -2.24. The Labute approximate surface area is 175 Å². The van der Waals surface area contributed by atoms with Gasteiger partial charge in [-0.15, -0.1) is 0 Å². The number of H-pyrrole nitrogens is 1. The van der Waals surface area contributed by atoms with Crippen molar-refractivity contribution < 1.29 is 29.3 Å². The smallest absolute Gasteiger partial charge is 0.342 e. The normalized spacial score (nSPS) is 10.4. The third-order valence-corrected chi connectivity index (χ3v) is 5.75. The summed E-state index contributed by atoms with van der Waals surface area (Å²) in [6, 6.07) is 1.35. The van der Waals surface area contributed by atoms with Crippen LogP contribution in [-0.2, 0) is 0 Å². The van der Waals surface area contributed by atoms with Crippen LogP contribution >= 0.6 is 31.9 Å². The second kappa shape index (κ2) is 8.48. The van der Waals surface area contributed by atoms with E-state index in [2.05, 4.69) is 38.4 Å². The molecular formula is C17H14Br2N2O7. The van der Waals surface area contributed by atoms with E-state index in [1.165, 1.54) is 19.3 Å². The molecule has 0 amide bonds. The summed E-state index contributed by atoms with van der Waals surface area (Å²) in [5, 5.41) is 19.1. The van der Waals surface area contributed by atoms with Crippen LogP contribution in [0, 0.1) is 0 Å². The maximum atomic E-state index is 12.2. The number of hydrogen-bond acceptors (Lipinski definition) is 6. The minimum absolute atomic E-state index is 0.0577. The summed E-state index contributed by atoms with van der Waals surface area (Å²) in [7, 11) is 1.35. The minimum atomic E-state index is -1.62. The molecule has 1 heterocycles. The number of nitrogens with one attached hydrogen (secondary N) is 1. The zero-order chi connectivity index (χ0) is 21.2. The van der Waals surface area contributed by atoms with E-state index < -0.39 is 34.4 Å². The third-order valence-electron chi connectivity index (χ3n) is 3.63. The van der Waals surface area contributed by atoms with E-state index in [1.54, 1.807) is 0 Å². The lowest BCUT2D eigenvalue weighted by molar-refractivity contribution is 0.0695. The lowest BCUT2D eigenvalue weighted by atomic mass is 9.95. The first kappa shape index (κ1) is 21.5. The molecule has 148 valence electrons. The lowest BCUT2D eigenvalue weighted by Gasteiger charge is -2.18. The van der Waals surface area contributed by atoms with Crippen molar-refractivity contribution in [3.63, 3.8) is 0 Å². The molecule has 5 N–H and O–H groups in total. The van der Waals surface area contributed by atoms with Crippen LogP contribution in [0.2, 0.25) is 0 Å². The fourth-order valence-corrected chi connectivity index (χ4v) is 3.53. The average Bonchev–Trinajstić information content (AvgIpc) is 2.61. The summed E-state index contributed by atoms with van der Waals surface area (Å²) in [5.41, 5.74) is 2.96. The number of carboxylic acids is 2. The number of rotatable bonds is 7. The molecule has 11 heteroatoms. The van der Waals surface area contributed by atoms with Gasteiger partial charge in [-0.05, 0) is 37.9 Å². The summed E-state index contributed by atoms with van der Waals surface area (Å²) in [4.78, 5) is 37.7. The molecule has 0 bridgehead atoms. The number of carbonyl (C=O) groups is 2. The van der Waals surface area contributed by atoms with Gasteiger partial charge in [0.25, 0.3) is 5.56 Å². The van der Waals surface area contributed by atoms with Crippen molar-refractivity contribution in [2.24, 2.45) is 0 Å². The van der Waals surface area contributed by atoms with Gasteiger partial charge in [0.2, 0.25) is 0 Å². The maximum Gasteiger partial charge on any atom is 0.342 e. The second-order valence-corrected chi connectivity index (χ2v) is 6.87. The van der Waals surface area contributed by atoms with Crippen LogP contribution in [0.1, 0.15) is 20.7 Å². The van der Waals surface area contributed by atoms with E-state index >= 15 is 0 Å². The Hall–Kier alpha value is -2.79. The van der Waals surface area contributed by atoms with Gasteiger partial charge in [0.15, 0.2) is 11.5 Å². The number of halogens is 2. The molecule has 0 saturated heterocycles. The number of aromatic amines is 1. The highest BCUT2D eigenvalue weighted by Gasteiger charge is 2.30. The highest BCUT2D eigenvalue weighted by atomic mass is 79.9. The number of aromatic nitrogens is 1. The van der Waals surface area contributed by atoms with Crippen molar-refractivity contribution in [1.29, 1.82) is 0 Å². The fraction of sp³-hybridized carbons (Fsp3) is 0.118. The molecule has 2 rings (SSSR count). The Morgan fingerprint density at radius 3 is 2.36 bits per heavy atom. The van der Waals surface area contributed by atoms with Crippen LogP contribution in [0.5, 0.6) is 11.5 Å². The Morgan fingerprint density at radius 1 is 1.25 bits per heavy atom. The van der Waals surface area contributed by atoms with Crippen LogP contribution in [0.4, 0.5) is 5.82 Å². The van der Waals surface area contributed by atoms with Gasteiger partial charge >= 0.3 is 11.9 Å². The van der Waals surface area contributed by atoms with Crippen molar-refractivity contribution in [3.05, 3.63) is 49.1 Å². The first-order valence-corrected chi connectivity index (χ1v) is 9.06. The van der Waals surface area contributed by atoms with Crippen LogP contribution in [0.25, 0.3) is 11.1 Å². The average molecular weight is 518 g/mol. The van der Waals surface area contributed by atoms with Gasteiger partial charge in [-0.1, -0.05) is 12.7 Å². The number of aromatic carboxylic acids is 2. The number of anilines is 1. The maximum absolute atomic E-state index is 12.2. The summed E-state index contributed by atoms with van der Waals surface area (Å²) in [5.74, 6) is -3.18. The van der Waals surface area contributed by atoms with Crippen molar-refractivity contribution in [2.75, 3.05) is 19.5 Å². The first-order valence-electron chi connectivity index (χ1n) is 7.48. The third kappa shape index (κ3) is 3.76. The molecule has 0 fully saturated rings. The molecule has 0 radical (unpaired) electrons. The van der Waals surface area contributed by atoms with Crippen molar-refractivity contribution in [1.82, 2.24) is 4.98 Å². The van der Waals surface area contributed by atoms with Crippen LogP contribution in [0.15, 0.2) is 32.5 Å². The largest absolute Gasteiger partial charge is 0.493 e. The number of hydrogen-bond donors (Lipinski definition) is 4. The highest BCUT2D eigenvalue weighted by Crippen LogP contribution is 2.47. The number of methoxy groups -OCH3 is 1. The summed E-state index contributed by atoms with van der Waals surface area (Å²) in [6.45, 7) is 3.71. The highest BCUT2D eigenvalue weighted by molar-refractivity contribution is 9.13. The summed E-state index contributed by atoms with van der Waals surface area (Å²) < 4.78 is 11.4. The number of benzene rings is 1. The quantitative estimate of drug-likeness (QED) is 0.409. The van der Waals surface area contributed by atoms with E-state index in [9.17, 15) is 24.6 Å². The van der Waals surface area contributed by atoms with Crippen LogP contribution in [0.3, 0.4) is 0 Å². The molecule has 0 saturated carbocycles. The fourth-order valence-electron chi connectivity index (χ4n) is 2.51. The van der Waals surface area contributed by atoms with Crippen molar-refractivity contribution in [2.45, 2.75) is 0 Å². The van der Waals surface area contributed by atoms with Gasteiger partial charge in [-0.2, -0.15) is 0 Å².